The molecule has 0 aromatic carbocycles. The van der Waals surface area contributed by atoms with Crippen LogP contribution in [0.5, 0.6) is 0 Å². The van der Waals surface area contributed by atoms with Gasteiger partial charge in [-0.25, -0.2) is 9.78 Å². The van der Waals surface area contributed by atoms with Gasteiger partial charge in [0.25, 0.3) is 0 Å². The molecule has 0 aliphatic heterocycles. The van der Waals surface area contributed by atoms with Crippen LogP contribution in [-0.2, 0) is 30.4 Å². The number of aliphatic carboxylic acids is 2. The first-order valence-corrected chi connectivity index (χ1v) is 12.4. The summed E-state index contributed by atoms with van der Waals surface area (Å²) in [6, 6.07) is -4.85. The zero-order chi connectivity index (χ0) is 26.5. The molecule has 0 saturated heterocycles. The van der Waals surface area contributed by atoms with E-state index in [-0.39, 0.29) is 18.8 Å². The molecule has 0 bridgehead atoms. The summed E-state index contributed by atoms with van der Waals surface area (Å²) < 4.78 is 0. The molecule has 1 heterocycles. The van der Waals surface area contributed by atoms with Gasteiger partial charge in [0.05, 0.1) is 18.8 Å². The van der Waals surface area contributed by atoms with Crippen LogP contribution in [-0.4, -0.2) is 86.0 Å². The number of amides is 3. The van der Waals surface area contributed by atoms with E-state index in [1.54, 1.807) is 6.26 Å². The van der Waals surface area contributed by atoms with Gasteiger partial charge in [0.15, 0.2) is 0 Å². The van der Waals surface area contributed by atoms with Crippen LogP contribution >= 0.6 is 11.8 Å². The van der Waals surface area contributed by atoms with Crippen molar-refractivity contribution in [2.24, 2.45) is 11.7 Å². The number of thioether (sulfide) groups is 1. The van der Waals surface area contributed by atoms with E-state index in [1.165, 1.54) is 24.3 Å². The van der Waals surface area contributed by atoms with Crippen LogP contribution in [0, 0.1) is 5.92 Å². The highest BCUT2D eigenvalue weighted by Crippen LogP contribution is 2.07. The fourth-order valence-corrected chi connectivity index (χ4v) is 3.61. The van der Waals surface area contributed by atoms with Crippen LogP contribution < -0.4 is 21.7 Å². The first-order valence-electron chi connectivity index (χ1n) is 11.0. The lowest BCUT2D eigenvalue weighted by Crippen LogP contribution is -2.57. The smallest absolute Gasteiger partial charge is 0.326 e. The van der Waals surface area contributed by atoms with Crippen LogP contribution in [0.2, 0.25) is 0 Å². The van der Waals surface area contributed by atoms with Gasteiger partial charge in [-0.1, -0.05) is 13.8 Å². The van der Waals surface area contributed by atoms with E-state index in [9.17, 15) is 34.2 Å². The summed E-state index contributed by atoms with van der Waals surface area (Å²) >= 11 is 1.40. The SMILES string of the molecule is CSCCC(NC(=O)C(CC(=O)O)NC(=O)C(N)CC(C)C)C(=O)NC(Cc1cnc[nH]1)C(=O)O. The topological polar surface area (TPSA) is 217 Å². The standard InChI is InChI=1S/C21H34N6O7S/c1-11(2)6-13(22)18(30)26-15(8-17(28)29)20(32)25-14(4-5-35-3)19(31)27-16(21(33)34)7-12-9-23-10-24-12/h9-11,13-16H,4-8,22H2,1-3H3,(H,23,24)(H,25,32)(H,26,30)(H,27,31)(H,28,29)(H,33,34). The maximum absolute atomic E-state index is 12.9. The van der Waals surface area contributed by atoms with Gasteiger partial charge in [0.2, 0.25) is 17.7 Å². The average Bonchev–Trinajstić information content (AvgIpc) is 3.27. The molecule has 0 fully saturated rings. The third-order valence-electron chi connectivity index (χ3n) is 4.91. The molecule has 4 atom stereocenters. The Morgan fingerprint density at radius 2 is 1.63 bits per heavy atom. The van der Waals surface area contributed by atoms with Gasteiger partial charge in [0.1, 0.15) is 18.1 Å². The van der Waals surface area contributed by atoms with Gasteiger partial charge in [-0.05, 0) is 30.8 Å². The van der Waals surface area contributed by atoms with Crippen molar-refractivity contribution in [3.05, 3.63) is 18.2 Å². The molecule has 1 aromatic rings. The highest BCUT2D eigenvalue weighted by Gasteiger charge is 2.31. The average molecular weight is 515 g/mol. The number of imidazole rings is 1. The van der Waals surface area contributed by atoms with Crippen LogP contribution in [0.4, 0.5) is 0 Å². The Morgan fingerprint density at radius 3 is 2.14 bits per heavy atom. The second kappa shape index (κ2) is 15.0. The van der Waals surface area contributed by atoms with Crippen molar-refractivity contribution in [1.29, 1.82) is 0 Å². The summed E-state index contributed by atoms with van der Waals surface area (Å²) in [5.74, 6) is -4.39. The summed E-state index contributed by atoms with van der Waals surface area (Å²) in [5, 5.41) is 25.9. The fraction of sp³-hybridized carbons (Fsp3) is 0.619. The van der Waals surface area contributed by atoms with Crippen molar-refractivity contribution in [1.82, 2.24) is 25.9 Å². The molecule has 1 aromatic heterocycles. The molecule has 8 N–H and O–H groups in total. The number of H-pyrrole nitrogens is 1. The van der Waals surface area contributed by atoms with Crippen molar-refractivity contribution in [2.45, 2.75) is 63.7 Å². The number of rotatable bonds is 16. The molecule has 0 aliphatic rings. The van der Waals surface area contributed by atoms with E-state index >= 15 is 0 Å². The molecule has 0 spiro atoms. The molecule has 1 rings (SSSR count). The molecular weight excluding hydrogens is 480 g/mol. The highest BCUT2D eigenvalue weighted by atomic mass is 32.2. The summed E-state index contributed by atoms with van der Waals surface area (Å²) in [6.07, 6.45) is 4.29. The number of nitrogens with one attached hydrogen (secondary N) is 4. The number of nitrogens with two attached hydrogens (primary N) is 1. The number of aromatic nitrogens is 2. The van der Waals surface area contributed by atoms with E-state index < -0.39 is 60.2 Å². The van der Waals surface area contributed by atoms with Gasteiger partial charge in [-0.3, -0.25) is 19.2 Å². The molecule has 0 radical (unpaired) electrons. The molecule has 35 heavy (non-hydrogen) atoms. The second-order valence-corrected chi connectivity index (χ2v) is 9.40. The molecule has 196 valence electrons. The number of carboxylic acids is 2. The number of hydrogen-bond donors (Lipinski definition) is 7. The Morgan fingerprint density at radius 1 is 1.03 bits per heavy atom. The third kappa shape index (κ3) is 11.2. The first kappa shape index (κ1) is 29.9. The van der Waals surface area contributed by atoms with Gasteiger partial charge in [-0.2, -0.15) is 11.8 Å². The van der Waals surface area contributed by atoms with Crippen LogP contribution in [0.15, 0.2) is 12.5 Å². The van der Waals surface area contributed by atoms with E-state index in [0.29, 0.717) is 17.9 Å². The van der Waals surface area contributed by atoms with Crippen LogP contribution in [0.3, 0.4) is 0 Å². The Hall–Kier alpha value is -3.13. The maximum Gasteiger partial charge on any atom is 0.326 e. The Bertz CT molecular complexity index is 864. The van der Waals surface area contributed by atoms with Crippen molar-refractivity contribution in [3.63, 3.8) is 0 Å². The highest BCUT2D eigenvalue weighted by molar-refractivity contribution is 7.98. The molecule has 0 aliphatic carbocycles. The monoisotopic (exact) mass is 514 g/mol. The summed E-state index contributed by atoms with van der Waals surface area (Å²) in [7, 11) is 0. The molecule has 14 heteroatoms. The molecular formula is C21H34N6O7S. The lowest BCUT2D eigenvalue weighted by Gasteiger charge is -2.24. The third-order valence-corrected chi connectivity index (χ3v) is 5.55. The van der Waals surface area contributed by atoms with Gasteiger partial charge in [-0.15, -0.1) is 0 Å². The number of carboxylic acid groups (broad SMARTS) is 2. The number of carbonyl (C=O) groups is 5. The molecule has 13 nitrogen and oxygen atoms in total. The van der Waals surface area contributed by atoms with Crippen molar-refractivity contribution in [3.8, 4) is 0 Å². The summed E-state index contributed by atoms with van der Waals surface area (Å²) in [4.78, 5) is 67.6. The van der Waals surface area contributed by atoms with E-state index in [4.69, 9.17) is 5.73 Å². The van der Waals surface area contributed by atoms with Crippen molar-refractivity contribution < 1.29 is 34.2 Å². The Balaban J connectivity index is 2.96. The van der Waals surface area contributed by atoms with Crippen LogP contribution in [0.25, 0.3) is 0 Å². The zero-order valence-electron chi connectivity index (χ0n) is 19.9. The fourth-order valence-electron chi connectivity index (χ4n) is 3.14. The minimum atomic E-state index is -1.47. The quantitative estimate of drug-likeness (QED) is 0.144. The maximum atomic E-state index is 12.9. The molecule has 3 amide bonds. The second-order valence-electron chi connectivity index (χ2n) is 8.42. The lowest BCUT2D eigenvalue weighted by atomic mass is 10.0. The first-order chi connectivity index (χ1) is 16.4. The predicted molar refractivity (Wildman–Crippen MR) is 128 cm³/mol. The number of hydrogen-bond acceptors (Lipinski definition) is 8. The van der Waals surface area contributed by atoms with Crippen molar-refractivity contribution in [2.75, 3.05) is 12.0 Å². The van der Waals surface area contributed by atoms with E-state index in [0.717, 1.165) is 0 Å². The van der Waals surface area contributed by atoms with Gasteiger partial charge < -0.3 is 36.9 Å². The Kier molecular flexibility index (Phi) is 12.8. The van der Waals surface area contributed by atoms with Gasteiger partial charge >= 0.3 is 11.9 Å². The van der Waals surface area contributed by atoms with Gasteiger partial charge in [0, 0.05) is 18.3 Å². The predicted octanol–water partition coefficient (Wildman–Crippen LogP) is -0.908. The minimum Gasteiger partial charge on any atom is -0.481 e. The molecule has 0 saturated carbocycles. The largest absolute Gasteiger partial charge is 0.481 e. The normalized spacial score (nSPS) is 14.4. The van der Waals surface area contributed by atoms with Crippen LogP contribution in [0.1, 0.15) is 38.8 Å². The van der Waals surface area contributed by atoms with E-state index in [2.05, 4.69) is 25.9 Å². The number of nitrogens with zero attached hydrogens (tertiary/aromatic N) is 1. The summed E-state index contributed by atoms with van der Waals surface area (Å²) in [6.45, 7) is 3.72. The summed E-state index contributed by atoms with van der Waals surface area (Å²) in [5.41, 5.74) is 6.32. The van der Waals surface area contributed by atoms with Crippen molar-refractivity contribution >= 4 is 41.4 Å². The minimum absolute atomic E-state index is 0.0598. The zero-order valence-corrected chi connectivity index (χ0v) is 20.8. The Labute approximate surface area is 207 Å². The number of aromatic amines is 1. The number of carbonyl (C=O) groups excluding carboxylic acids is 3. The molecule has 4 unspecified atom stereocenters. The van der Waals surface area contributed by atoms with E-state index in [1.807, 2.05) is 13.8 Å². The lowest BCUT2D eigenvalue weighted by molar-refractivity contribution is -0.143.